The lowest BCUT2D eigenvalue weighted by Crippen LogP contribution is -1.97. The molecule has 0 saturated heterocycles. The summed E-state index contributed by atoms with van der Waals surface area (Å²) in [5.74, 6) is 0. The summed E-state index contributed by atoms with van der Waals surface area (Å²) in [4.78, 5) is 10.2. The van der Waals surface area contributed by atoms with Crippen molar-refractivity contribution in [2.24, 2.45) is 20.3 Å². The highest BCUT2D eigenvalue weighted by Crippen LogP contribution is 2.19. The molecule has 0 fully saturated rings. The van der Waals surface area contributed by atoms with Gasteiger partial charge in [-0.05, 0) is 54.7 Å². The van der Waals surface area contributed by atoms with Crippen LogP contribution in [0.25, 0.3) is 0 Å². The molecule has 29 heavy (non-hydrogen) atoms. The summed E-state index contributed by atoms with van der Waals surface area (Å²) >= 11 is 9.87. The Morgan fingerprint density at radius 2 is 1.21 bits per heavy atom. The quantitative estimate of drug-likeness (QED) is 0.148. The number of thiol groups is 1. The predicted molar refractivity (Wildman–Crippen MR) is 124 cm³/mol. The van der Waals surface area contributed by atoms with Crippen LogP contribution in [0.4, 0.5) is 0 Å². The van der Waals surface area contributed by atoms with E-state index in [1.54, 1.807) is 12.4 Å². The zero-order valence-electron chi connectivity index (χ0n) is 16.3. The summed E-state index contributed by atoms with van der Waals surface area (Å²) in [6.07, 6.45) is 7.00. The van der Waals surface area contributed by atoms with Gasteiger partial charge in [0.05, 0.1) is 12.4 Å². The number of nitrogens with zero attached hydrogens (tertiary/aromatic N) is 4. The fraction of sp³-hybridized carbons (Fsp3) is 0.238. The normalized spacial score (nSPS) is 12.2. The maximum Gasteiger partial charge on any atom is 0.0745 e. The van der Waals surface area contributed by atoms with Crippen molar-refractivity contribution >= 4 is 50.1 Å². The Kier molecular flexibility index (Phi) is 8.82. The average Bonchev–Trinajstić information content (AvgIpc) is 2.68. The molecule has 0 aliphatic carbocycles. The number of oxime groups is 2. The molecule has 2 rings (SSSR count). The van der Waals surface area contributed by atoms with Crippen LogP contribution >= 0.6 is 12.6 Å². The summed E-state index contributed by atoms with van der Waals surface area (Å²) in [6.45, 7) is 5.16. The van der Waals surface area contributed by atoms with Crippen molar-refractivity contribution in [3.63, 3.8) is 0 Å². The van der Waals surface area contributed by atoms with Gasteiger partial charge in [-0.25, -0.2) is 0 Å². The van der Waals surface area contributed by atoms with Gasteiger partial charge in [0, 0.05) is 41.5 Å². The maximum atomic E-state index is 8.74. The second-order valence-electron chi connectivity index (χ2n) is 6.48. The second kappa shape index (κ2) is 11.3. The molecule has 0 aromatic heterocycles. The van der Waals surface area contributed by atoms with Crippen molar-refractivity contribution in [1.29, 1.82) is 0 Å². The molecule has 0 atom stereocenters. The Hall–Kier alpha value is -2.71. The van der Waals surface area contributed by atoms with Crippen molar-refractivity contribution in [3.05, 3.63) is 57.6 Å². The van der Waals surface area contributed by atoms with Crippen LogP contribution in [-0.2, 0) is 12.6 Å². The Bertz CT molecular complexity index is 892. The number of benzene rings is 2. The number of aryl methyl sites for hydroxylation is 2. The average molecular weight is 428 g/mol. The van der Waals surface area contributed by atoms with Crippen LogP contribution < -0.4 is 0 Å². The van der Waals surface area contributed by atoms with E-state index in [2.05, 4.69) is 32.9 Å². The molecule has 0 spiro atoms. The van der Waals surface area contributed by atoms with E-state index in [4.69, 9.17) is 23.0 Å². The fourth-order valence-corrected chi connectivity index (χ4v) is 3.23. The smallest absolute Gasteiger partial charge is 0.0745 e. The zero-order valence-corrected chi connectivity index (χ0v) is 18.0. The lowest BCUT2D eigenvalue weighted by atomic mass is 10.1. The molecule has 2 N–H and O–H groups in total. The first-order valence-corrected chi connectivity index (χ1v) is 9.81. The van der Waals surface area contributed by atoms with Gasteiger partial charge in [0.2, 0.25) is 0 Å². The van der Waals surface area contributed by atoms with E-state index >= 15 is 0 Å². The van der Waals surface area contributed by atoms with Crippen molar-refractivity contribution in [3.8, 4) is 0 Å². The summed E-state index contributed by atoms with van der Waals surface area (Å²) in [5, 5.41) is 23.6. The van der Waals surface area contributed by atoms with E-state index in [1.165, 1.54) is 12.4 Å². The molecule has 2 aromatic carbocycles. The minimum atomic E-state index is 0.609. The summed E-state index contributed by atoms with van der Waals surface area (Å²) in [5.41, 5.74) is 5.19. The fourth-order valence-electron chi connectivity index (χ4n) is 2.76. The Balaban J connectivity index is 1.94. The Morgan fingerprint density at radius 3 is 1.76 bits per heavy atom. The molecule has 0 unspecified atom stereocenters. The third kappa shape index (κ3) is 6.69. The number of hydrogen-bond donors (Lipinski definition) is 3. The van der Waals surface area contributed by atoms with E-state index in [1.807, 2.05) is 38.1 Å². The van der Waals surface area contributed by atoms with Gasteiger partial charge in [0.25, 0.3) is 0 Å². The lowest BCUT2D eigenvalue weighted by Gasteiger charge is -2.15. The molecular weight excluding hydrogens is 404 g/mol. The number of hydrogen-bond acceptors (Lipinski definition) is 8. The second-order valence-corrected chi connectivity index (χ2v) is 7.33. The van der Waals surface area contributed by atoms with Crippen molar-refractivity contribution in [1.82, 2.24) is 0 Å². The third-order valence-electron chi connectivity index (χ3n) is 4.03. The van der Waals surface area contributed by atoms with Crippen LogP contribution in [-0.4, -0.2) is 48.4 Å². The highest BCUT2D eigenvalue weighted by molar-refractivity contribution is 7.80. The van der Waals surface area contributed by atoms with E-state index in [9.17, 15) is 0 Å². The van der Waals surface area contributed by atoms with Crippen LogP contribution in [0.3, 0.4) is 0 Å². The van der Waals surface area contributed by atoms with Crippen LogP contribution in [0.1, 0.15) is 39.8 Å². The van der Waals surface area contributed by atoms with Gasteiger partial charge in [0.1, 0.15) is 0 Å². The van der Waals surface area contributed by atoms with Gasteiger partial charge < -0.3 is 23.0 Å². The van der Waals surface area contributed by atoms with Crippen LogP contribution in [0.15, 0.2) is 54.4 Å². The van der Waals surface area contributed by atoms with E-state index < -0.39 is 0 Å². The summed E-state index contributed by atoms with van der Waals surface area (Å²) in [7, 11) is 0. The minimum Gasteiger partial charge on any atom is -0.778 e. The molecule has 0 amide bonds. The standard InChI is InChI=1S/C21H24N4O2S2/c1-14-6-16(20(28)18(8-14)12-24-26)10-22-4-3-5-23-11-17-7-15(2)9-19(13-25-27)21(17)29/h6-13,26-29H,3-5H2,1-2H3/p-1/b22-10?,23-11?,24-12+,25-13+. The lowest BCUT2D eigenvalue weighted by molar-refractivity contribution is 0.321. The molecule has 0 aliphatic heterocycles. The molecule has 6 nitrogen and oxygen atoms in total. The van der Waals surface area contributed by atoms with E-state index in [-0.39, 0.29) is 0 Å². The highest BCUT2D eigenvalue weighted by atomic mass is 32.1. The summed E-state index contributed by atoms with van der Waals surface area (Å²) < 4.78 is 0. The largest absolute Gasteiger partial charge is 0.778 e. The van der Waals surface area contributed by atoms with E-state index in [0.29, 0.717) is 23.5 Å². The topological polar surface area (TPSA) is 89.9 Å². The van der Waals surface area contributed by atoms with Gasteiger partial charge in [-0.1, -0.05) is 22.4 Å². The first-order chi connectivity index (χ1) is 14.0. The van der Waals surface area contributed by atoms with Gasteiger partial charge in [-0.15, -0.1) is 12.6 Å². The van der Waals surface area contributed by atoms with Crippen molar-refractivity contribution in [2.75, 3.05) is 13.1 Å². The van der Waals surface area contributed by atoms with Gasteiger partial charge in [0.15, 0.2) is 0 Å². The Labute approximate surface area is 181 Å². The molecule has 0 saturated carbocycles. The molecule has 152 valence electrons. The monoisotopic (exact) mass is 427 g/mol. The molecular formula is C21H23N4O2S2-. The zero-order chi connectivity index (χ0) is 21.2. The SMILES string of the molecule is Cc1cc(C=NCCCN=Cc2cc(C)cc(/C=N/O)c2S)c([S-])c(/C=N/O)c1. The van der Waals surface area contributed by atoms with Gasteiger partial charge in [-0.3, -0.25) is 9.98 Å². The first-order valence-electron chi connectivity index (χ1n) is 8.96. The third-order valence-corrected chi connectivity index (χ3v) is 5.02. The number of rotatable bonds is 8. The molecule has 0 heterocycles. The summed E-state index contributed by atoms with van der Waals surface area (Å²) in [6, 6.07) is 7.70. The minimum absolute atomic E-state index is 0.609. The molecule has 0 radical (unpaired) electrons. The van der Waals surface area contributed by atoms with Crippen molar-refractivity contribution in [2.45, 2.75) is 30.1 Å². The maximum absolute atomic E-state index is 8.74. The molecule has 8 heteroatoms. The molecule has 0 aliphatic rings. The Morgan fingerprint density at radius 1 is 0.793 bits per heavy atom. The van der Waals surface area contributed by atoms with Crippen molar-refractivity contribution < 1.29 is 10.4 Å². The number of aliphatic imine (C=N–C) groups is 2. The van der Waals surface area contributed by atoms with E-state index in [0.717, 1.165) is 39.1 Å². The highest BCUT2D eigenvalue weighted by Gasteiger charge is 2.03. The van der Waals surface area contributed by atoms with Gasteiger partial charge >= 0.3 is 0 Å². The van der Waals surface area contributed by atoms with Crippen LogP contribution in [0.2, 0.25) is 0 Å². The van der Waals surface area contributed by atoms with Gasteiger partial charge in [-0.2, -0.15) is 4.90 Å². The van der Waals surface area contributed by atoms with Crippen LogP contribution in [0.5, 0.6) is 0 Å². The first kappa shape index (κ1) is 22.6. The predicted octanol–water partition coefficient (Wildman–Crippen LogP) is 4.04. The van der Waals surface area contributed by atoms with Crippen LogP contribution in [0, 0.1) is 13.8 Å². The molecule has 0 bridgehead atoms. The molecule has 2 aromatic rings.